The maximum Gasteiger partial charge on any atom is 0.243 e. The van der Waals surface area contributed by atoms with Gasteiger partial charge in [-0.15, -0.1) is 0 Å². The summed E-state index contributed by atoms with van der Waals surface area (Å²) < 4.78 is 39.5. The summed E-state index contributed by atoms with van der Waals surface area (Å²) in [6.45, 7) is 0.275. The van der Waals surface area contributed by atoms with Gasteiger partial charge in [0.2, 0.25) is 15.9 Å². The van der Waals surface area contributed by atoms with E-state index in [4.69, 9.17) is 0 Å². The number of rotatable bonds is 3. The number of sulfonamides is 1. The normalized spacial score (nSPS) is 20.6. The zero-order valence-corrected chi connectivity index (χ0v) is 12.0. The van der Waals surface area contributed by atoms with Crippen molar-refractivity contribution in [1.29, 1.82) is 0 Å². The molecule has 1 aliphatic heterocycles. The number of hydrogen-bond donors (Lipinski definition) is 1. The summed E-state index contributed by atoms with van der Waals surface area (Å²) in [5.41, 5.74) is 0. The Morgan fingerprint density at radius 3 is 2.80 bits per heavy atom. The van der Waals surface area contributed by atoms with Crippen LogP contribution in [-0.4, -0.2) is 38.3 Å². The number of carbonyl (C=O) groups excluding carboxylic acids is 1. The Bertz CT molecular complexity index is 603. The number of benzene rings is 1. The van der Waals surface area contributed by atoms with Crippen molar-refractivity contribution in [2.45, 2.75) is 30.2 Å². The lowest BCUT2D eigenvalue weighted by Crippen LogP contribution is -2.51. The third-order valence-electron chi connectivity index (χ3n) is 3.41. The van der Waals surface area contributed by atoms with Crippen molar-refractivity contribution < 1.29 is 17.6 Å². The lowest BCUT2D eigenvalue weighted by Gasteiger charge is -2.33. The minimum Gasteiger partial charge on any atom is -0.358 e. The third-order valence-corrected chi connectivity index (χ3v) is 5.31. The van der Waals surface area contributed by atoms with Gasteiger partial charge in [-0.1, -0.05) is 12.5 Å². The van der Waals surface area contributed by atoms with Crippen molar-refractivity contribution in [1.82, 2.24) is 9.62 Å². The molecule has 7 heteroatoms. The number of likely N-dealkylation sites (N-methyl/N-ethyl adjacent to an activating group) is 1. The number of carbonyl (C=O) groups is 1. The molecule has 20 heavy (non-hydrogen) atoms. The molecule has 110 valence electrons. The van der Waals surface area contributed by atoms with E-state index in [1.54, 1.807) is 0 Å². The molecule has 5 nitrogen and oxygen atoms in total. The largest absolute Gasteiger partial charge is 0.358 e. The summed E-state index contributed by atoms with van der Waals surface area (Å²) in [4.78, 5) is 11.7. The highest BCUT2D eigenvalue weighted by Crippen LogP contribution is 2.25. The van der Waals surface area contributed by atoms with Gasteiger partial charge < -0.3 is 5.32 Å². The molecule has 0 bridgehead atoms. The van der Waals surface area contributed by atoms with E-state index in [-0.39, 0.29) is 17.3 Å². The topological polar surface area (TPSA) is 66.5 Å². The standard InChI is InChI=1S/C13H17FN2O3S/c1-15-13(17)12-7-2-3-8-16(12)20(18,19)11-6-4-5-10(14)9-11/h4-6,9,12H,2-3,7-8H2,1H3,(H,15,17)/t12-/m1/s1. The SMILES string of the molecule is CNC(=O)[C@H]1CCCCN1S(=O)(=O)c1cccc(F)c1. The molecule has 1 amide bonds. The third kappa shape index (κ3) is 2.83. The summed E-state index contributed by atoms with van der Waals surface area (Å²) in [5, 5.41) is 2.48. The quantitative estimate of drug-likeness (QED) is 0.909. The Morgan fingerprint density at radius 1 is 1.40 bits per heavy atom. The fourth-order valence-electron chi connectivity index (χ4n) is 2.38. The summed E-state index contributed by atoms with van der Waals surface area (Å²) in [6.07, 6.45) is 1.98. The minimum absolute atomic E-state index is 0.117. The van der Waals surface area contributed by atoms with Gasteiger partial charge in [0, 0.05) is 13.6 Å². The molecule has 2 rings (SSSR count). The van der Waals surface area contributed by atoms with E-state index in [0.29, 0.717) is 12.8 Å². The van der Waals surface area contributed by atoms with Crippen molar-refractivity contribution >= 4 is 15.9 Å². The Labute approximate surface area is 117 Å². The van der Waals surface area contributed by atoms with Crippen LogP contribution in [0.5, 0.6) is 0 Å². The van der Waals surface area contributed by atoms with Crippen LogP contribution in [0.15, 0.2) is 29.2 Å². The van der Waals surface area contributed by atoms with Crippen LogP contribution in [0.25, 0.3) is 0 Å². The molecule has 0 radical (unpaired) electrons. The summed E-state index contributed by atoms with van der Waals surface area (Å²) in [7, 11) is -2.38. The van der Waals surface area contributed by atoms with E-state index < -0.39 is 21.9 Å². The fourth-order valence-corrected chi connectivity index (χ4v) is 4.07. The molecule has 1 heterocycles. The lowest BCUT2D eigenvalue weighted by molar-refractivity contribution is -0.125. The van der Waals surface area contributed by atoms with Crippen LogP contribution in [0.4, 0.5) is 4.39 Å². The number of hydrogen-bond acceptors (Lipinski definition) is 3. The van der Waals surface area contributed by atoms with E-state index in [1.165, 1.54) is 29.6 Å². The van der Waals surface area contributed by atoms with E-state index >= 15 is 0 Å². The Kier molecular flexibility index (Phi) is 4.39. The highest BCUT2D eigenvalue weighted by atomic mass is 32.2. The molecule has 1 saturated heterocycles. The van der Waals surface area contributed by atoms with Crippen molar-refractivity contribution in [2.75, 3.05) is 13.6 Å². The molecule has 1 atom stereocenters. The van der Waals surface area contributed by atoms with Crippen LogP contribution in [0.1, 0.15) is 19.3 Å². The second kappa shape index (κ2) is 5.88. The first kappa shape index (κ1) is 14.9. The summed E-state index contributed by atoms with van der Waals surface area (Å²) in [6, 6.07) is 4.13. The molecule has 0 aromatic heterocycles. The number of nitrogens with zero attached hydrogens (tertiary/aromatic N) is 1. The molecule has 1 aromatic rings. The van der Waals surface area contributed by atoms with Crippen LogP contribution in [0, 0.1) is 5.82 Å². The smallest absolute Gasteiger partial charge is 0.243 e. The van der Waals surface area contributed by atoms with Gasteiger partial charge in [-0.3, -0.25) is 4.79 Å². The van der Waals surface area contributed by atoms with Crippen molar-refractivity contribution in [3.05, 3.63) is 30.1 Å². The van der Waals surface area contributed by atoms with Gasteiger partial charge in [0.25, 0.3) is 0 Å². The molecule has 1 fully saturated rings. The predicted octanol–water partition coefficient (Wildman–Crippen LogP) is 1.11. The van der Waals surface area contributed by atoms with Gasteiger partial charge in [0.15, 0.2) is 0 Å². The van der Waals surface area contributed by atoms with E-state index in [2.05, 4.69) is 5.32 Å². The molecule has 0 spiro atoms. The Morgan fingerprint density at radius 2 is 2.15 bits per heavy atom. The maximum absolute atomic E-state index is 13.2. The highest BCUT2D eigenvalue weighted by molar-refractivity contribution is 7.89. The summed E-state index contributed by atoms with van der Waals surface area (Å²) in [5.74, 6) is -0.941. The van der Waals surface area contributed by atoms with Gasteiger partial charge in [0.1, 0.15) is 11.9 Å². The average molecular weight is 300 g/mol. The average Bonchev–Trinajstić information content (AvgIpc) is 2.46. The highest BCUT2D eigenvalue weighted by Gasteiger charge is 2.37. The minimum atomic E-state index is -3.86. The maximum atomic E-state index is 13.2. The first-order chi connectivity index (χ1) is 9.46. The number of halogens is 1. The number of piperidine rings is 1. The predicted molar refractivity (Wildman–Crippen MR) is 72.0 cm³/mol. The first-order valence-electron chi connectivity index (χ1n) is 6.46. The van der Waals surface area contributed by atoms with Crippen molar-refractivity contribution in [2.24, 2.45) is 0 Å². The molecule has 1 aromatic carbocycles. The first-order valence-corrected chi connectivity index (χ1v) is 7.90. The van der Waals surface area contributed by atoms with Crippen molar-refractivity contribution in [3.63, 3.8) is 0 Å². The zero-order chi connectivity index (χ0) is 14.8. The molecule has 0 saturated carbocycles. The molecule has 1 N–H and O–H groups in total. The van der Waals surface area contributed by atoms with Crippen LogP contribution in [-0.2, 0) is 14.8 Å². The molecule has 0 unspecified atom stereocenters. The van der Waals surface area contributed by atoms with Crippen molar-refractivity contribution in [3.8, 4) is 0 Å². The fraction of sp³-hybridized carbons (Fsp3) is 0.462. The van der Waals surface area contributed by atoms with Gasteiger partial charge >= 0.3 is 0 Å². The molecule has 0 aliphatic carbocycles. The summed E-state index contributed by atoms with van der Waals surface area (Å²) >= 11 is 0. The van der Waals surface area contributed by atoms with E-state index in [9.17, 15) is 17.6 Å². The molecule has 1 aliphatic rings. The Hall–Kier alpha value is -1.47. The van der Waals surface area contributed by atoms with Gasteiger partial charge in [-0.2, -0.15) is 4.31 Å². The monoisotopic (exact) mass is 300 g/mol. The molecular formula is C13H17FN2O3S. The van der Waals surface area contributed by atoms with Crippen LogP contribution in [0.2, 0.25) is 0 Å². The van der Waals surface area contributed by atoms with Crippen LogP contribution in [0.3, 0.4) is 0 Å². The van der Waals surface area contributed by atoms with Gasteiger partial charge in [-0.25, -0.2) is 12.8 Å². The van der Waals surface area contributed by atoms with Crippen LogP contribution < -0.4 is 5.32 Å². The lowest BCUT2D eigenvalue weighted by atomic mass is 10.0. The second-order valence-corrected chi connectivity index (χ2v) is 6.59. The van der Waals surface area contributed by atoms with E-state index in [1.807, 2.05) is 0 Å². The zero-order valence-electron chi connectivity index (χ0n) is 11.2. The van der Waals surface area contributed by atoms with Crippen LogP contribution >= 0.6 is 0 Å². The molecular weight excluding hydrogens is 283 g/mol. The Balaban J connectivity index is 2.38. The van der Waals surface area contributed by atoms with E-state index in [0.717, 1.165) is 12.5 Å². The number of nitrogens with one attached hydrogen (secondary N) is 1. The second-order valence-electron chi connectivity index (χ2n) is 4.70. The van der Waals surface area contributed by atoms with Gasteiger partial charge in [-0.05, 0) is 31.0 Å². The van der Waals surface area contributed by atoms with Gasteiger partial charge in [0.05, 0.1) is 4.90 Å². The number of amides is 1.